The molecule has 1 aromatic rings. The van der Waals surface area contributed by atoms with Gasteiger partial charge in [0.25, 0.3) is 0 Å². The highest BCUT2D eigenvalue weighted by atomic mass is 16.5. The molecule has 0 saturated heterocycles. The molecule has 1 fully saturated rings. The molecule has 2 rings (SSSR count). The van der Waals surface area contributed by atoms with E-state index in [1.807, 2.05) is 25.1 Å². The molecule has 1 aromatic carbocycles. The fourth-order valence-electron chi connectivity index (χ4n) is 2.90. The molecule has 0 aliphatic heterocycles. The lowest BCUT2D eigenvalue weighted by Crippen LogP contribution is -2.56. The number of benzene rings is 1. The number of hydrogen-bond acceptors (Lipinski definition) is 3. The lowest BCUT2D eigenvalue weighted by molar-refractivity contribution is -0.153. The van der Waals surface area contributed by atoms with Crippen LogP contribution in [0.1, 0.15) is 38.7 Å². The summed E-state index contributed by atoms with van der Waals surface area (Å²) in [6.45, 7) is 6.13. The summed E-state index contributed by atoms with van der Waals surface area (Å²) in [5.41, 5.74) is 0.835. The molecule has 0 bridgehead atoms. The van der Waals surface area contributed by atoms with Gasteiger partial charge in [0.1, 0.15) is 11.9 Å². The van der Waals surface area contributed by atoms with Gasteiger partial charge in [-0.05, 0) is 37.5 Å². The molecule has 3 heteroatoms. The Balaban J connectivity index is 2.20. The van der Waals surface area contributed by atoms with E-state index in [2.05, 4.69) is 13.8 Å². The molecule has 1 aliphatic rings. The van der Waals surface area contributed by atoms with Crippen LogP contribution in [0.2, 0.25) is 0 Å². The van der Waals surface area contributed by atoms with Gasteiger partial charge in [0.05, 0.1) is 12.5 Å². The molecular weight excluding hydrogens is 240 g/mol. The Labute approximate surface area is 114 Å². The van der Waals surface area contributed by atoms with Crippen LogP contribution in [0.5, 0.6) is 11.5 Å². The molecule has 0 aromatic heterocycles. The van der Waals surface area contributed by atoms with Crippen molar-refractivity contribution >= 4 is 5.78 Å². The highest BCUT2D eigenvalue weighted by molar-refractivity contribution is 5.92. The average Bonchev–Trinajstić information content (AvgIpc) is 2.41. The maximum atomic E-state index is 11.9. The standard InChI is InChI=1S/C16H22O3/c1-5-16(6-2)14(17)10-15(16)19-12-8-7-11(3)9-13(12)18-4/h7-9,15H,5-6,10H2,1-4H3. The van der Waals surface area contributed by atoms with Crippen molar-refractivity contribution in [3.63, 3.8) is 0 Å². The first-order valence-corrected chi connectivity index (χ1v) is 6.92. The van der Waals surface area contributed by atoms with Gasteiger partial charge in [0.2, 0.25) is 0 Å². The minimum atomic E-state index is -0.296. The Morgan fingerprint density at radius 3 is 2.47 bits per heavy atom. The predicted octanol–water partition coefficient (Wildman–Crippen LogP) is 3.53. The smallest absolute Gasteiger partial charge is 0.161 e. The first-order chi connectivity index (χ1) is 9.07. The quantitative estimate of drug-likeness (QED) is 0.814. The van der Waals surface area contributed by atoms with Crippen LogP contribution in [-0.2, 0) is 4.79 Å². The van der Waals surface area contributed by atoms with Crippen LogP contribution in [0.25, 0.3) is 0 Å². The normalized spacial score (nSPS) is 20.8. The summed E-state index contributed by atoms with van der Waals surface area (Å²) in [6, 6.07) is 5.88. The molecule has 0 radical (unpaired) electrons. The molecule has 3 nitrogen and oxygen atoms in total. The van der Waals surface area contributed by atoms with Gasteiger partial charge in [-0.2, -0.15) is 0 Å². The number of methoxy groups -OCH3 is 1. The first-order valence-electron chi connectivity index (χ1n) is 6.92. The van der Waals surface area contributed by atoms with Crippen molar-refractivity contribution in [1.82, 2.24) is 0 Å². The number of carbonyl (C=O) groups excluding carboxylic acids is 1. The molecule has 0 spiro atoms. The van der Waals surface area contributed by atoms with Gasteiger partial charge >= 0.3 is 0 Å². The zero-order chi connectivity index (χ0) is 14.0. The van der Waals surface area contributed by atoms with E-state index in [-0.39, 0.29) is 11.5 Å². The van der Waals surface area contributed by atoms with Crippen LogP contribution < -0.4 is 9.47 Å². The first kappa shape index (κ1) is 13.9. The zero-order valence-corrected chi connectivity index (χ0v) is 12.2. The van der Waals surface area contributed by atoms with E-state index >= 15 is 0 Å². The summed E-state index contributed by atoms with van der Waals surface area (Å²) < 4.78 is 11.4. The van der Waals surface area contributed by atoms with Crippen molar-refractivity contribution in [2.24, 2.45) is 5.41 Å². The maximum Gasteiger partial charge on any atom is 0.161 e. The van der Waals surface area contributed by atoms with E-state index in [4.69, 9.17) is 9.47 Å². The molecule has 0 N–H and O–H groups in total. The third kappa shape index (κ3) is 2.22. The third-order valence-electron chi connectivity index (χ3n) is 4.39. The van der Waals surface area contributed by atoms with Crippen LogP contribution in [0.15, 0.2) is 18.2 Å². The Morgan fingerprint density at radius 1 is 1.26 bits per heavy atom. The monoisotopic (exact) mass is 262 g/mol. The van der Waals surface area contributed by atoms with Gasteiger partial charge in [0, 0.05) is 6.42 Å². The molecule has 1 aliphatic carbocycles. The third-order valence-corrected chi connectivity index (χ3v) is 4.39. The second-order valence-corrected chi connectivity index (χ2v) is 5.25. The fourth-order valence-corrected chi connectivity index (χ4v) is 2.90. The molecule has 104 valence electrons. The highest BCUT2D eigenvalue weighted by Crippen LogP contribution is 2.46. The number of rotatable bonds is 5. The summed E-state index contributed by atoms with van der Waals surface area (Å²) in [5, 5.41) is 0. The summed E-state index contributed by atoms with van der Waals surface area (Å²) in [5.74, 6) is 1.80. The van der Waals surface area contributed by atoms with E-state index < -0.39 is 0 Å². The number of hydrogen-bond donors (Lipinski definition) is 0. The Morgan fingerprint density at radius 2 is 1.95 bits per heavy atom. The van der Waals surface area contributed by atoms with E-state index in [1.165, 1.54) is 0 Å². The lowest BCUT2D eigenvalue weighted by Gasteiger charge is -2.46. The molecule has 0 amide bonds. The minimum absolute atomic E-state index is 0.0217. The summed E-state index contributed by atoms with van der Waals surface area (Å²) in [4.78, 5) is 11.9. The highest BCUT2D eigenvalue weighted by Gasteiger charge is 2.54. The van der Waals surface area contributed by atoms with Gasteiger partial charge < -0.3 is 9.47 Å². The molecule has 1 saturated carbocycles. The van der Waals surface area contributed by atoms with Gasteiger partial charge in [-0.1, -0.05) is 19.9 Å². The summed E-state index contributed by atoms with van der Waals surface area (Å²) >= 11 is 0. The van der Waals surface area contributed by atoms with Gasteiger partial charge in [-0.25, -0.2) is 0 Å². The van der Waals surface area contributed by atoms with E-state index in [0.29, 0.717) is 12.2 Å². The lowest BCUT2D eigenvalue weighted by atomic mass is 9.61. The van der Waals surface area contributed by atoms with Crippen LogP contribution >= 0.6 is 0 Å². The van der Waals surface area contributed by atoms with Gasteiger partial charge in [-0.15, -0.1) is 0 Å². The topological polar surface area (TPSA) is 35.5 Å². The number of aryl methyl sites for hydroxylation is 1. The zero-order valence-electron chi connectivity index (χ0n) is 12.2. The SMILES string of the molecule is CCC1(CC)C(=O)CC1Oc1ccc(C)cc1OC. The number of carbonyl (C=O) groups is 1. The van der Waals surface area contributed by atoms with Crippen molar-refractivity contribution in [3.05, 3.63) is 23.8 Å². The second kappa shape index (κ2) is 5.24. The van der Waals surface area contributed by atoms with Crippen molar-refractivity contribution in [2.75, 3.05) is 7.11 Å². The van der Waals surface area contributed by atoms with Crippen LogP contribution in [-0.4, -0.2) is 19.0 Å². The maximum absolute atomic E-state index is 11.9. The average molecular weight is 262 g/mol. The fraction of sp³-hybridized carbons (Fsp3) is 0.562. The van der Waals surface area contributed by atoms with Crippen LogP contribution in [0.4, 0.5) is 0 Å². The van der Waals surface area contributed by atoms with E-state index in [0.717, 1.165) is 29.9 Å². The van der Waals surface area contributed by atoms with Gasteiger partial charge in [-0.3, -0.25) is 4.79 Å². The van der Waals surface area contributed by atoms with Crippen molar-refractivity contribution in [3.8, 4) is 11.5 Å². The summed E-state index contributed by atoms with van der Waals surface area (Å²) in [7, 11) is 1.64. The van der Waals surface area contributed by atoms with Crippen molar-refractivity contribution in [1.29, 1.82) is 0 Å². The summed E-state index contributed by atoms with van der Waals surface area (Å²) in [6.07, 6.45) is 2.16. The molecular formula is C16H22O3. The molecule has 1 atom stereocenters. The van der Waals surface area contributed by atoms with Crippen molar-refractivity contribution < 1.29 is 14.3 Å². The molecule has 0 heterocycles. The number of ketones is 1. The molecule has 19 heavy (non-hydrogen) atoms. The van der Waals surface area contributed by atoms with E-state index in [9.17, 15) is 4.79 Å². The minimum Gasteiger partial charge on any atom is -0.493 e. The van der Waals surface area contributed by atoms with E-state index in [1.54, 1.807) is 7.11 Å². The number of Topliss-reactive ketones (excluding diaryl/α,β-unsaturated/α-hetero) is 1. The van der Waals surface area contributed by atoms with Gasteiger partial charge in [0.15, 0.2) is 11.5 Å². The largest absolute Gasteiger partial charge is 0.493 e. The van der Waals surface area contributed by atoms with Crippen LogP contribution in [0, 0.1) is 12.3 Å². The van der Waals surface area contributed by atoms with Crippen molar-refractivity contribution in [2.45, 2.75) is 46.1 Å². The number of ether oxygens (including phenoxy) is 2. The molecule has 1 unspecified atom stereocenters. The second-order valence-electron chi connectivity index (χ2n) is 5.25. The van der Waals surface area contributed by atoms with Crippen LogP contribution in [0.3, 0.4) is 0 Å². The Kier molecular flexibility index (Phi) is 3.83. The Hall–Kier alpha value is -1.51. The Bertz CT molecular complexity index is 475. The predicted molar refractivity (Wildman–Crippen MR) is 74.8 cm³/mol.